The summed E-state index contributed by atoms with van der Waals surface area (Å²) in [6.07, 6.45) is 1.78. The van der Waals surface area contributed by atoms with E-state index in [1.54, 1.807) is 32.4 Å². The van der Waals surface area contributed by atoms with Gasteiger partial charge < -0.3 is 30.2 Å². The number of carbonyl (C=O) groups is 1. The maximum absolute atomic E-state index is 12.1. The summed E-state index contributed by atoms with van der Waals surface area (Å²) in [6, 6.07) is 12.9. The van der Waals surface area contributed by atoms with E-state index in [1.165, 1.54) is 0 Å². The van der Waals surface area contributed by atoms with Crippen LogP contribution in [0, 0.1) is 0 Å². The van der Waals surface area contributed by atoms with Crippen molar-refractivity contribution in [1.82, 2.24) is 5.32 Å². The zero-order chi connectivity index (χ0) is 21.1. The highest BCUT2D eigenvalue weighted by atomic mass is 16.5. The summed E-state index contributed by atoms with van der Waals surface area (Å²) < 4.78 is 16.4. The predicted octanol–water partition coefficient (Wildman–Crippen LogP) is 4.86. The number of ether oxygens (including phenoxy) is 3. The molecule has 0 saturated carbocycles. The van der Waals surface area contributed by atoms with E-state index in [0.717, 1.165) is 25.1 Å². The lowest BCUT2D eigenvalue weighted by atomic mass is 10.2. The largest absolute Gasteiger partial charge is 0.493 e. The van der Waals surface area contributed by atoms with Crippen LogP contribution in [0.5, 0.6) is 17.2 Å². The smallest absolute Gasteiger partial charge is 0.319 e. The van der Waals surface area contributed by atoms with Crippen LogP contribution in [0.15, 0.2) is 42.5 Å². The minimum atomic E-state index is -0.231. The summed E-state index contributed by atoms with van der Waals surface area (Å²) in [7, 11) is 3.24. The molecule has 0 aliphatic rings. The minimum Gasteiger partial charge on any atom is -0.493 e. The zero-order valence-electron chi connectivity index (χ0n) is 17.6. The third-order valence-electron chi connectivity index (χ3n) is 4.46. The van der Waals surface area contributed by atoms with Gasteiger partial charge in [0.2, 0.25) is 0 Å². The van der Waals surface area contributed by atoms with Gasteiger partial charge in [-0.1, -0.05) is 13.8 Å². The van der Waals surface area contributed by atoms with E-state index in [1.807, 2.05) is 38.1 Å². The molecule has 0 fully saturated rings. The summed E-state index contributed by atoms with van der Waals surface area (Å²) in [5.74, 6) is 1.79. The number of methoxy groups -OCH3 is 2. The van der Waals surface area contributed by atoms with E-state index in [9.17, 15) is 4.79 Å². The van der Waals surface area contributed by atoms with Gasteiger partial charge >= 0.3 is 6.03 Å². The molecule has 0 saturated heterocycles. The third-order valence-corrected chi connectivity index (χ3v) is 4.46. The number of anilines is 2. The number of carbonyl (C=O) groups excluding carboxylic acids is 1. The normalized spacial score (nSPS) is 10.5. The summed E-state index contributed by atoms with van der Waals surface area (Å²) in [6.45, 7) is 5.48. The van der Waals surface area contributed by atoms with Crippen LogP contribution in [0.4, 0.5) is 16.2 Å². The molecule has 0 atom stereocenters. The fraction of sp³-hybridized carbons (Fsp3) is 0.409. The molecule has 0 spiro atoms. The molecular weight excluding hydrogens is 370 g/mol. The van der Waals surface area contributed by atoms with Crippen molar-refractivity contribution in [2.75, 3.05) is 38.0 Å². The lowest BCUT2D eigenvalue weighted by Crippen LogP contribution is -2.37. The maximum Gasteiger partial charge on any atom is 0.319 e. The van der Waals surface area contributed by atoms with Crippen molar-refractivity contribution in [3.63, 3.8) is 0 Å². The summed E-state index contributed by atoms with van der Waals surface area (Å²) >= 11 is 0. The number of hydrogen-bond donors (Lipinski definition) is 3. The Morgan fingerprint density at radius 1 is 0.966 bits per heavy atom. The van der Waals surface area contributed by atoms with Crippen LogP contribution < -0.4 is 25.4 Å². The number of benzene rings is 2. The molecule has 0 aromatic heterocycles. The maximum atomic E-state index is 12.1. The van der Waals surface area contributed by atoms with Crippen molar-refractivity contribution >= 4 is 17.4 Å². The van der Waals surface area contributed by atoms with Gasteiger partial charge in [0, 0.05) is 37.1 Å². The molecule has 7 heteroatoms. The van der Waals surface area contributed by atoms with E-state index in [2.05, 4.69) is 16.0 Å². The van der Waals surface area contributed by atoms with Crippen molar-refractivity contribution in [3.8, 4) is 17.2 Å². The quantitative estimate of drug-likeness (QED) is 0.469. The van der Waals surface area contributed by atoms with Gasteiger partial charge in [-0.25, -0.2) is 4.79 Å². The van der Waals surface area contributed by atoms with Crippen molar-refractivity contribution in [2.24, 2.45) is 0 Å². The van der Waals surface area contributed by atoms with Gasteiger partial charge in [0.1, 0.15) is 5.75 Å². The van der Waals surface area contributed by atoms with Gasteiger partial charge in [-0.3, -0.25) is 0 Å². The van der Waals surface area contributed by atoms with Crippen molar-refractivity contribution in [3.05, 3.63) is 42.5 Å². The Balaban J connectivity index is 2.00. The van der Waals surface area contributed by atoms with Crippen LogP contribution >= 0.6 is 0 Å². The Labute approximate surface area is 172 Å². The Hall–Kier alpha value is -2.93. The van der Waals surface area contributed by atoms with Gasteiger partial charge in [-0.2, -0.15) is 0 Å². The molecule has 158 valence electrons. The van der Waals surface area contributed by atoms with E-state index >= 15 is 0 Å². The van der Waals surface area contributed by atoms with Crippen LogP contribution in [-0.4, -0.2) is 39.4 Å². The number of amides is 2. The van der Waals surface area contributed by atoms with Crippen molar-refractivity contribution < 1.29 is 19.0 Å². The average Bonchev–Trinajstić information content (AvgIpc) is 2.74. The van der Waals surface area contributed by atoms with Gasteiger partial charge in [0.25, 0.3) is 0 Å². The zero-order valence-corrected chi connectivity index (χ0v) is 17.6. The van der Waals surface area contributed by atoms with E-state index in [-0.39, 0.29) is 12.1 Å². The standard InChI is InChI=1S/C22H31N3O4/c1-5-16(6-2)24-22(26)25-18-9-12-20(21(15-18)28-4)29-19-10-7-17(8-11-19)23-13-14-27-3/h7-12,15-16,23H,5-6,13-14H2,1-4H3,(H2,24,25,26). The SMILES string of the molecule is CCC(CC)NC(=O)Nc1ccc(Oc2ccc(NCCOC)cc2)c(OC)c1. The number of urea groups is 1. The molecular formula is C22H31N3O4. The summed E-state index contributed by atoms with van der Waals surface area (Å²) in [4.78, 5) is 12.1. The Bertz CT molecular complexity index is 761. The molecule has 2 aromatic carbocycles. The predicted molar refractivity (Wildman–Crippen MR) is 116 cm³/mol. The molecule has 0 heterocycles. The average molecular weight is 402 g/mol. The second-order valence-electron chi connectivity index (χ2n) is 6.52. The van der Waals surface area contributed by atoms with Crippen molar-refractivity contribution in [2.45, 2.75) is 32.7 Å². The minimum absolute atomic E-state index is 0.159. The van der Waals surface area contributed by atoms with Crippen molar-refractivity contribution in [1.29, 1.82) is 0 Å². The highest BCUT2D eigenvalue weighted by Gasteiger charge is 2.11. The molecule has 2 aromatic rings. The first kappa shape index (κ1) is 22.4. The highest BCUT2D eigenvalue weighted by Crippen LogP contribution is 2.34. The highest BCUT2D eigenvalue weighted by molar-refractivity contribution is 5.89. The topological polar surface area (TPSA) is 80.9 Å². The monoisotopic (exact) mass is 401 g/mol. The Morgan fingerprint density at radius 2 is 1.66 bits per heavy atom. The molecule has 0 radical (unpaired) electrons. The molecule has 3 N–H and O–H groups in total. The van der Waals surface area contributed by atoms with E-state index in [0.29, 0.717) is 29.5 Å². The second kappa shape index (κ2) is 11.8. The van der Waals surface area contributed by atoms with Crippen LogP contribution in [0.25, 0.3) is 0 Å². The fourth-order valence-corrected chi connectivity index (χ4v) is 2.74. The number of nitrogens with one attached hydrogen (secondary N) is 3. The van der Waals surface area contributed by atoms with Crippen LogP contribution in [0.2, 0.25) is 0 Å². The first-order valence-corrected chi connectivity index (χ1v) is 9.85. The molecule has 0 aliphatic carbocycles. The van der Waals surface area contributed by atoms with Gasteiger partial charge in [0.05, 0.1) is 13.7 Å². The van der Waals surface area contributed by atoms with E-state index in [4.69, 9.17) is 14.2 Å². The summed E-state index contributed by atoms with van der Waals surface area (Å²) in [5.41, 5.74) is 1.62. The number of rotatable bonds is 11. The van der Waals surface area contributed by atoms with Crippen LogP contribution in [-0.2, 0) is 4.74 Å². The van der Waals surface area contributed by atoms with Crippen LogP contribution in [0.3, 0.4) is 0 Å². The molecule has 0 bridgehead atoms. The second-order valence-corrected chi connectivity index (χ2v) is 6.52. The third kappa shape index (κ3) is 7.19. The lowest BCUT2D eigenvalue weighted by molar-refractivity contribution is 0.211. The molecule has 0 unspecified atom stereocenters. The van der Waals surface area contributed by atoms with Gasteiger partial charge in [0.15, 0.2) is 11.5 Å². The molecule has 2 amide bonds. The first-order chi connectivity index (χ1) is 14.1. The molecule has 7 nitrogen and oxygen atoms in total. The summed E-state index contributed by atoms with van der Waals surface area (Å²) in [5, 5.41) is 9.03. The lowest BCUT2D eigenvalue weighted by Gasteiger charge is -2.16. The van der Waals surface area contributed by atoms with Gasteiger partial charge in [-0.15, -0.1) is 0 Å². The molecule has 2 rings (SSSR count). The van der Waals surface area contributed by atoms with E-state index < -0.39 is 0 Å². The van der Waals surface area contributed by atoms with Crippen LogP contribution in [0.1, 0.15) is 26.7 Å². The molecule has 29 heavy (non-hydrogen) atoms. The molecule has 0 aliphatic heterocycles. The Morgan fingerprint density at radius 3 is 2.28 bits per heavy atom. The Kier molecular flexibility index (Phi) is 9.11. The first-order valence-electron chi connectivity index (χ1n) is 9.85. The fourth-order valence-electron chi connectivity index (χ4n) is 2.74. The number of hydrogen-bond acceptors (Lipinski definition) is 5. The van der Waals surface area contributed by atoms with Gasteiger partial charge in [-0.05, 0) is 49.2 Å².